The Balaban J connectivity index is 2.18. The van der Waals surface area contributed by atoms with Crippen molar-refractivity contribution in [3.05, 3.63) is 47.8 Å². The van der Waals surface area contributed by atoms with Crippen LogP contribution in [0.1, 0.15) is 18.9 Å². The molecule has 0 atom stereocenters. The predicted molar refractivity (Wildman–Crippen MR) is 81.1 cm³/mol. The van der Waals surface area contributed by atoms with Gasteiger partial charge in [0.05, 0.1) is 12.3 Å². The Morgan fingerprint density at radius 2 is 1.85 bits per heavy atom. The number of nitrogens with one attached hydrogen (secondary N) is 1. The normalized spacial score (nSPS) is 10.3. The van der Waals surface area contributed by atoms with E-state index in [2.05, 4.69) is 5.32 Å². The van der Waals surface area contributed by atoms with E-state index in [1.807, 2.05) is 19.1 Å². The summed E-state index contributed by atoms with van der Waals surface area (Å²) in [6.45, 7) is 4.40. The monoisotopic (exact) mass is 274 g/mol. The molecule has 0 aromatic heterocycles. The summed E-state index contributed by atoms with van der Waals surface area (Å²) in [6.07, 6.45) is 0.925. The van der Waals surface area contributed by atoms with Crippen molar-refractivity contribution in [2.75, 3.05) is 17.7 Å². The van der Waals surface area contributed by atoms with E-state index >= 15 is 0 Å². The van der Waals surface area contributed by atoms with Crippen LogP contribution in [0.25, 0.3) is 0 Å². The van der Waals surface area contributed by atoms with Crippen LogP contribution in [0.5, 0.6) is 5.75 Å². The summed E-state index contributed by atoms with van der Waals surface area (Å²) in [7, 11) is 0. The fraction of sp³-hybridized carbons (Fsp3) is 0.250. The SMILES string of the molecule is CCCOc1cc(Nc2ccc(F)c(C)c2)ccc1N. The van der Waals surface area contributed by atoms with E-state index in [1.165, 1.54) is 6.07 Å². The molecular formula is C16H19FN2O. The van der Waals surface area contributed by atoms with Crippen LogP contribution < -0.4 is 15.8 Å². The number of nitrogens with two attached hydrogens (primary N) is 1. The lowest BCUT2D eigenvalue weighted by molar-refractivity contribution is 0.319. The number of ether oxygens (including phenoxy) is 1. The molecule has 2 rings (SSSR count). The molecule has 0 aliphatic carbocycles. The highest BCUT2D eigenvalue weighted by atomic mass is 19.1. The molecule has 0 aliphatic rings. The summed E-state index contributed by atoms with van der Waals surface area (Å²) >= 11 is 0. The number of aryl methyl sites for hydroxylation is 1. The number of rotatable bonds is 5. The van der Waals surface area contributed by atoms with Crippen molar-refractivity contribution in [2.24, 2.45) is 0 Å². The third-order valence-corrected chi connectivity index (χ3v) is 2.92. The number of hydrogen-bond acceptors (Lipinski definition) is 3. The van der Waals surface area contributed by atoms with Gasteiger partial charge in [0.15, 0.2) is 0 Å². The zero-order chi connectivity index (χ0) is 14.5. The molecule has 0 saturated heterocycles. The van der Waals surface area contributed by atoms with Crippen LogP contribution in [0, 0.1) is 12.7 Å². The molecule has 106 valence electrons. The molecule has 4 heteroatoms. The van der Waals surface area contributed by atoms with E-state index in [9.17, 15) is 4.39 Å². The highest BCUT2D eigenvalue weighted by Crippen LogP contribution is 2.28. The first kappa shape index (κ1) is 14.2. The molecule has 2 aromatic carbocycles. The molecule has 3 nitrogen and oxygen atoms in total. The Morgan fingerprint density at radius 3 is 2.55 bits per heavy atom. The van der Waals surface area contributed by atoms with E-state index in [0.29, 0.717) is 23.6 Å². The lowest BCUT2D eigenvalue weighted by Gasteiger charge is -2.12. The summed E-state index contributed by atoms with van der Waals surface area (Å²) in [5.74, 6) is 0.454. The van der Waals surface area contributed by atoms with Crippen molar-refractivity contribution in [2.45, 2.75) is 20.3 Å². The third kappa shape index (κ3) is 3.41. The van der Waals surface area contributed by atoms with Gasteiger partial charge in [0.1, 0.15) is 11.6 Å². The van der Waals surface area contributed by atoms with E-state index in [0.717, 1.165) is 17.8 Å². The second kappa shape index (κ2) is 6.28. The fourth-order valence-electron chi connectivity index (χ4n) is 1.84. The molecule has 0 aliphatic heterocycles. The van der Waals surface area contributed by atoms with Gasteiger partial charge in [0.2, 0.25) is 0 Å². The van der Waals surface area contributed by atoms with Crippen LogP contribution >= 0.6 is 0 Å². The summed E-state index contributed by atoms with van der Waals surface area (Å²) in [4.78, 5) is 0. The van der Waals surface area contributed by atoms with Crippen LogP contribution in [-0.4, -0.2) is 6.61 Å². The minimum absolute atomic E-state index is 0.208. The van der Waals surface area contributed by atoms with Gasteiger partial charge in [-0.1, -0.05) is 6.92 Å². The number of anilines is 3. The first-order valence-electron chi connectivity index (χ1n) is 6.65. The molecule has 0 unspecified atom stereocenters. The average Bonchev–Trinajstić information content (AvgIpc) is 2.43. The average molecular weight is 274 g/mol. The minimum Gasteiger partial charge on any atom is -0.491 e. The molecule has 2 aromatic rings. The second-order valence-electron chi connectivity index (χ2n) is 4.69. The molecule has 0 spiro atoms. The minimum atomic E-state index is -0.208. The van der Waals surface area contributed by atoms with Crippen LogP contribution in [0.3, 0.4) is 0 Å². The Morgan fingerprint density at radius 1 is 1.15 bits per heavy atom. The Bertz CT molecular complexity index is 599. The van der Waals surface area contributed by atoms with E-state index in [4.69, 9.17) is 10.5 Å². The smallest absolute Gasteiger partial charge is 0.144 e. The van der Waals surface area contributed by atoms with Crippen molar-refractivity contribution >= 4 is 17.1 Å². The van der Waals surface area contributed by atoms with Gasteiger partial charge in [-0.2, -0.15) is 0 Å². The lowest BCUT2D eigenvalue weighted by Crippen LogP contribution is -2.00. The van der Waals surface area contributed by atoms with Crippen LogP contribution in [0.15, 0.2) is 36.4 Å². The summed E-state index contributed by atoms with van der Waals surface area (Å²) in [5, 5.41) is 3.21. The van der Waals surface area contributed by atoms with E-state index in [1.54, 1.807) is 25.1 Å². The van der Waals surface area contributed by atoms with Crippen molar-refractivity contribution < 1.29 is 9.13 Å². The van der Waals surface area contributed by atoms with E-state index in [-0.39, 0.29) is 5.82 Å². The standard InChI is InChI=1S/C16H19FN2O/c1-3-8-20-16-10-13(5-7-15(16)18)19-12-4-6-14(17)11(2)9-12/h4-7,9-10,19H,3,8,18H2,1-2H3. The highest BCUT2D eigenvalue weighted by molar-refractivity contribution is 5.67. The zero-order valence-corrected chi connectivity index (χ0v) is 11.7. The first-order chi connectivity index (χ1) is 9.60. The summed E-state index contributed by atoms with van der Waals surface area (Å²) in [5.41, 5.74) is 8.77. The van der Waals surface area contributed by atoms with Crippen molar-refractivity contribution in [1.29, 1.82) is 0 Å². The Labute approximate surface area is 118 Å². The molecular weight excluding hydrogens is 255 g/mol. The Kier molecular flexibility index (Phi) is 4.45. The third-order valence-electron chi connectivity index (χ3n) is 2.92. The molecule has 0 bridgehead atoms. The van der Waals surface area contributed by atoms with Crippen molar-refractivity contribution in [1.82, 2.24) is 0 Å². The Hall–Kier alpha value is -2.23. The van der Waals surface area contributed by atoms with Gasteiger partial charge in [-0.3, -0.25) is 0 Å². The molecule has 3 N–H and O–H groups in total. The van der Waals surface area contributed by atoms with Crippen LogP contribution in [-0.2, 0) is 0 Å². The van der Waals surface area contributed by atoms with Crippen LogP contribution in [0.2, 0.25) is 0 Å². The van der Waals surface area contributed by atoms with E-state index < -0.39 is 0 Å². The molecule has 0 heterocycles. The molecule has 0 amide bonds. The van der Waals surface area contributed by atoms with Gasteiger partial charge in [-0.25, -0.2) is 4.39 Å². The number of benzene rings is 2. The topological polar surface area (TPSA) is 47.3 Å². The zero-order valence-electron chi connectivity index (χ0n) is 11.7. The summed E-state index contributed by atoms with van der Waals surface area (Å²) < 4.78 is 18.8. The second-order valence-corrected chi connectivity index (χ2v) is 4.69. The van der Waals surface area contributed by atoms with Gasteiger partial charge >= 0.3 is 0 Å². The number of hydrogen-bond donors (Lipinski definition) is 2. The van der Waals surface area contributed by atoms with Gasteiger partial charge in [-0.05, 0) is 49.2 Å². The molecule has 0 saturated carbocycles. The quantitative estimate of drug-likeness (QED) is 0.801. The molecule has 0 fully saturated rings. The lowest BCUT2D eigenvalue weighted by atomic mass is 10.2. The molecule has 20 heavy (non-hydrogen) atoms. The fourth-order valence-corrected chi connectivity index (χ4v) is 1.84. The maximum Gasteiger partial charge on any atom is 0.144 e. The van der Waals surface area contributed by atoms with Crippen molar-refractivity contribution in [3.63, 3.8) is 0 Å². The number of nitrogen functional groups attached to an aromatic ring is 1. The maximum atomic E-state index is 13.2. The van der Waals surface area contributed by atoms with Gasteiger partial charge in [-0.15, -0.1) is 0 Å². The maximum absolute atomic E-state index is 13.2. The predicted octanol–water partition coefficient (Wildman–Crippen LogP) is 4.25. The van der Waals surface area contributed by atoms with Crippen LogP contribution in [0.4, 0.5) is 21.5 Å². The highest BCUT2D eigenvalue weighted by Gasteiger charge is 2.04. The number of halogens is 1. The largest absolute Gasteiger partial charge is 0.491 e. The molecule has 0 radical (unpaired) electrons. The van der Waals surface area contributed by atoms with Gasteiger partial charge < -0.3 is 15.8 Å². The summed E-state index contributed by atoms with van der Waals surface area (Å²) in [6, 6.07) is 10.4. The van der Waals surface area contributed by atoms with Crippen molar-refractivity contribution in [3.8, 4) is 5.75 Å². The van der Waals surface area contributed by atoms with Gasteiger partial charge in [0.25, 0.3) is 0 Å². The van der Waals surface area contributed by atoms with Gasteiger partial charge in [0, 0.05) is 17.4 Å². The first-order valence-corrected chi connectivity index (χ1v) is 6.65.